The second-order valence-electron chi connectivity index (χ2n) is 11.7. The highest BCUT2D eigenvalue weighted by atomic mass is 19.4. The fraction of sp³-hybridized carbons (Fsp3) is 0.778. The Balaban J connectivity index is 1.32. The molecule has 0 aromatic carbocycles. The van der Waals surface area contributed by atoms with Crippen molar-refractivity contribution in [1.29, 1.82) is 5.26 Å². The molecule has 2 N–H and O–H groups in total. The summed E-state index contributed by atoms with van der Waals surface area (Å²) in [6, 6.07) is -0.990. The topological polar surface area (TPSA) is 115 Å². The zero-order chi connectivity index (χ0) is 29.5. The number of nitriles is 1. The van der Waals surface area contributed by atoms with Crippen LogP contribution >= 0.6 is 0 Å². The summed E-state index contributed by atoms with van der Waals surface area (Å²) in [6.45, 7) is 1.34. The Morgan fingerprint density at radius 2 is 1.83 bits per heavy atom. The Labute approximate surface area is 234 Å². The number of carbonyl (C=O) groups is 3. The molecule has 5 aliphatic rings. The average Bonchev–Trinajstić information content (AvgIpc) is 3.41. The molecule has 5 rings (SSSR count). The molecule has 0 aromatic heterocycles. The number of rotatable bonds is 4. The van der Waals surface area contributed by atoms with Crippen molar-refractivity contribution in [3.8, 4) is 6.07 Å². The molecule has 226 valence electrons. The summed E-state index contributed by atoms with van der Waals surface area (Å²) in [5.74, 6) is -6.32. The van der Waals surface area contributed by atoms with Crippen LogP contribution in [0.25, 0.3) is 0 Å². The van der Waals surface area contributed by atoms with Gasteiger partial charge in [0.1, 0.15) is 6.17 Å². The summed E-state index contributed by atoms with van der Waals surface area (Å²) in [6.07, 6.45) is -7.26. The zero-order valence-electron chi connectivity index (χ0n) is 22.4. The van der Waals surface area contributed by atoms with Gasteiger partial charge in [-0.3, -0.25) is 19.3 Å². The number of morpholine rings is 1. The first-order valence-electron chi connectivity index (χ1n) is 14.2. The molecule has 3 aliphatic heterocycles. The average molecular weight is 588 g/mol. The van der Waals surface area contributed by atoms with Crippen molar-refractivity contribution in [3.63, 3.8) is 0 Å². The molecule has 2 saturated heterocycles. The first kappa shape index (κ1) is 29.7. The molecular formula is C27H34F5N5O4. The van der Waals surface area contributed by atoms with Crippen LogP contribution in [-0.2, 0) is 19.1 Å². The standard InChI is InChI=1S/C27H34F5N5O4/c28-20-2-1-16-17(11-21(38)35-23(16)22(20)29)25(39)34-15-3-4-37(13-15)24-18(26(40)36-5-7-41-8-6-36)9-14(12-33)10-19(24)27(30,31)32/h11,14-16,18-20,22-24H,1-10,13H2,(H,34,39)(H,35,38)/t14?,15-,16?,18?,19?,20?,22?,23?,24?/m1/s1. The number of amides is 3. The lowest BCUT2D eigenvalue weighted by Crippen LogP contribution is -2.59. The second kappa shape index (κ2) is 11.8. The van der Waals surface area contributed by atoms with Crippen molar-refractivity contribution >= 4 is 17.7 Å². The van der Waals surface area contributed by atoms with Gasteiger partial charge in [-0.1, -0.05) is 0 Å². The Morgan fingerprint density at radius 1 is 1.10 bits per heavy atom. The number of ether oxygens (including phenoxy) is 1. The summed E-state index contributed by atoms with van der Waals surface area (Å²) in [5, 5.41) is 14.7. The van der Waals surface area contributed by atoms with Gasteiger partial charge < -0.3 is 20.3 Å². The fourth-order valence-corrected chi connectivity index (χ4v) is 7.26. The molecule has 0 bridgehead atoms. The predicted molar refractivity (Wildman–Crippen MR) is 133 cm³/mol. The molecule has 4 fully saturated rings. The van der Waals surface area contributed by atoms with Gasteiger partial charge in [0.2, 0.25) is 17.7 Å². The number of carbonyl (C=O) groups excluding carboxylic acids is 3. The van der Waals surface area contributed by atoms with Crippen LogP contribution in [-0.4, -0.2) is 104 Å². The van der Waals surface area contributed by atoms with Gasteiger partial charge in [0.25, 0.3) is 0 Å². The minimum absolute atomic E-state index is 0.0164. The minimum atomic E-state index is -4.64. The van der Waals surface area contributed by atoms with E-state index in [4.69, 9.17) is 4.74 Å². The Bertz CT molecular complexity index is 1110. The van der Waals surface area contributed by atoms with Crippen LogP contribution in [0.3, 0.4) is 0 Å². The van der Waals surface area contributed by atoms with E-state index in [9.17, 15) is 41.6 Å². The first-order valence-corrected chi connectivity index (χ1v) is 14.2. The number of nitrogens with one attached hydrogen (secondary N) is 2. The number of hydrogen-bond acceptors (Lipinski definition) is 6. The van der Waals surface area contributed by atoms with Crippen LogP contribution in [0.15, 0.2) is 11.6 Å². The van der Waals surface area contributed by atoms with Crippen LogP contribution in [0, 0.1) is 35.0 Å². The van der Waals surface area contributed by atoms with Crippen molar-refractivity contribution in [2.45, 2.75) is 68.7 Å². The summed E-state index contributed by atoms with van der Waals surface area (Å²) >= 11 is 0. The van der Waals surface area contributed by atoms with E-state index in [0.717, 1.165) is 6.08 Å². The summed E-state index contributed by atoms with van der Waals surface area (Å²) < 4.78 is 76.9. The molecule has 9 atom stereocenters. The Morgan fingerprint density at radius 3 is 2.51 bits per heavy atom. The van der Waals surface area contributed by atoms with Crippen molar-refractivity contribution in [3.05, 3.63) is 11.6 Å². The monoisotopic (exact) mass is 587 g/mol. The third-order valence-electron chi connectivity index (χ3n) is 9.25. The molecule has 9 nitrogen and oxygen atoms in total. The molecule has 41 heavy (non-hydrogen) atoms. The van der Waals surface area contributed by atoms with E-state index in [1.165, 1.54) is 4.90 Å². The SMILES string of the molecule is N#CC1CC(C(=O)N2CCOCC2)C(N2CC[C@@H](NC(=O)C3=CC(=O)NC4C3CCC(F)C4F)C2)C(C(F)(F)F)C1. The first-order chi connectivity index (χ1) is 19.5. The van der Waals surface area contributed by atoms with Crippen molar-refractivity contribution < 1.29 is 41.1 Å². The van der Waals surface area contributed by atoms with Gasteiger partial charge in [0.05, 0.1) is 37.2 Å². The highest BCUT2D eigenvalue weighted by Gasteiger charge is 2.56. The molecule has 3 heterocycles. The number of halogens is 5. The highest BCUT2D eigenvalue weighted by Crippen LogP contribution is 2.46. The van der Waals surface area contributed by atoms with E-state index in [2.05, 4.69) is 10.6 Å². The lowest BCUT2D eigenvalue weighted by Gasteiger charge is -2.46. The smallest absolute Gasteiger partial charge is 0.378 e. The maximum atomic E-state index is 14.5. The number of hydrogen-bond donors (Lipinski definition) is 2. The van der Waals surface area contributed by atoms with Crippen molar-refractivity contribution in [2.75, 3.05) is 39.4 Å². The Hall–Kier alpha value is -2.79. The van der Waals surface area contributed by atoms with E-state index in [-0.39, 0.29) is 64.2 Å². The van der Waals surface area contributed by atoms with E-state index in [1.807, 2.05) is 6.07 Å². The molecule has 2 saturated carbocycles. The Kier molecular flexibility index (Phi) is 8.57. The van der Waals surface area contributed by atoms with E-state index in [0.29, 0.717) is 6.42 Å². The van der Waals surface area contributed by atoms with E-state index >= 15 is 0 Å². The van der Waals surface area contributed by atoms with Gasteiger partial charge >= 0.3 is 6.18 Å². The van der Waals surface area contributed by atoms with Gasteiger partial charge in [-0.05, 0) is 32.1 Å². The van der Waals surface area contributed by atoms with Gasteiger partial charge in [0.15, 0.2) is 6.17 Å². The van der Waals surface area contributed by atoms with Crippen LogP contribution in [0.5, 0.6) is 0 Å². The lowest BCUT2D eigenvalue weighted by molar-refractivity contribution is -0.209. The maximum Gasteiger partial charge on any atom is 0.393 e. The quantitative estimate of drug-likeness (QED) is 0.484. The predicted octanol–water partition coefficient (Wildman–Crippen LogP) is 1.64. The molecule has 0 aromatic rings. The van der Waals surface area contributed by atoms with Gasteiger partial charge in [0, 0.05) is 61.7 Å². The van der Waals surface area contributed by atoms with Crippen LogP contribution in [0.2, 0.25) is 0 Å². The molecule has 0 spiro atoms. The normalized spacial score (nSPS) is 38.3. The molecule has 14 heteroatoms. The van der Waals surface area contributed by atoms with Gasteiger partial charge in [-0.15, -0.1) is 0 Å². The zero-order valence-corrected chi connectivity index (χ0v) is 22.4. The number of nitrogens with zero attached hydrogens (tertiary/aromatic N) is 3. The highest BCUT2D eigenvalue weighted by molar-refractivity contribution is 6.03. The summed E-state index contributed by atoms with van der Waals surface area (Å²) in [7, 11) is 0. The third kappa shape index (κ3) is 6.07. The van der Waals surface area contributed by atoms with Gasteiger partial charge in [-0.25, -0.2) is 8.78 Å². The van der Waals surface area contributed by atoms with Crippen molar-refractivity contribution in [1.82, 2.24) is 20.4 Å². The summed E-state index contributed by atoms with van der Waals surface area (Å²) in [5.41, 5.74) is 0.0369. The molecule has 8 unspecified atom stereocenters. The largest absolute Gasteiger partial charge is 0.393 e. The number of fused-ring (bicyclic) bond motifs is 1. The molecule has 0 radical (unpaired) electrons. The van der Waals surface area contributed by atoms with Gasteiger partial charge in [-0.2, -0.15) is 18.4 Å². The molecule has 2 aliphatic carbocycles. The maximum absolute atomic E-state index is 14.5. The molecule has 3 amide bonds. The fourth-order valence-electron chi connectivity index (χ4n) is 7.26. The minimum Gasteiger partial charge on any atom is -0.378 e. The van der Waals surface area contributed by atoms with E-state index < -0.39 is 84.5 Å². The lowest BCUT2D eigenvalue weighted by atomic mass is 9.70. The summed E-state index contributed by atoms with van der Waals surface area (Å²) in [4.78, 5) is 42.0. The van der Waals surface area contributed by atoms with Crippen LogP contribution in [0.1, 0.15) is 32.1 Å². The van der Waals surface area contributed by atoms with Crippen LogP contribution in [0.4, 0.5) is 22.0 Å². The second-order valence-corrected chi connectivity index (χ2v) is 11.7. The van der Waals surface area contributed by atoms with Crippen molar-refractivity contribution in [2.24, 2.45) is 23.7 Å². The number of alkyl halides is 5. The third-order valence-corrected chi connectivity index (χ3v) is 9.25. The molecular weight excluding hydrogens is 553 g/mol. The number of likely N-dealkylation sites (tertiary alicyclic amines) is 1. The van der Waals surface area contributed by atoms with Crippen LogP contribution < -0.4 is 10.6 Å². The van der Waals surface area contributed by atoms with E-state index in [1.54, 1.807) is 4.90 Å².